The van der Waals surface area contributed by atoms with Crippen LogP contribution in [0.25, 0.3) is 11.8 Å². The van der Waals surface area contributed by atoms with Crippen molar-refractivity contribution in [3.05, 3.63) is 54.0 Å². The maximum Gasteiger partial charge on any atom is 0.338 e. The van der Waals surface area contributed by atoms with Crippen LogP contribution >= 0.6 is 0 Å². The van der Waals surface area contributed by atoms with Gasteiger partial charge in [0.1, 0.15) is 0 Å². The lowest BCUT2D eigenvalue weighted by Gasteiger charge is -2.24. The quantitative estimate of drug-likeness (QED) is 0.576. The van der Waals surface area contributed by atoms with Gasteiger partial charge in [0.05, 0.1) is 31.1 Å². The third kappa shape index (κ3) is 4.76. The van der Waals surface area contributed by atoms with Gasteiger partial charge in [-0.2, -0.15) is 0 Å². The van der Waals surface area contributed by atoms with Gasteiger partial charge in [-0.15, -0.1) is 15.0 Å². The number of aromatic nitrogens is 4. The average molecular weight is 355 g/mol. The minimum atomic E-state index is -0.346. The Kier molecular flexibility index (Phi) is 6.10. The first-order valence-electron chi connectivity index (χ1n) is 8.50. The Labute approximate surface area is 151 Å². The normalized spacial score (nSPS) is 15.0. The van der Waals surface area contributed by atoms with Crippen LogP contribution in [0, 0.1) is 0 Å². The fourth-order valence-corrected chi connectivity index (χ4v) is 2.39. The van der Waals surface area contributed by atoms with Gasteiger partial charge in [-0.25, -0.2) is 4.79 Å². The number of hydrogen-bond acceptors (Lipinski definition) is 7. The van der Waals surface area contributed by atoms with Crippen LogP contribution in [0.5, 0.6) is 0 Å². The second kappa shape index (κ2) is 8.91. The van der Waals surface area contributed by atoms with Gasteiger partial charge in [0, 0.05) is 13.1 Å². The predicted molar refractivity (Wildman–Crippen MR) is 95.7 cm³/mol. The summed E-state index contributed by atoms with van der Waals surface area (Å²) in [6.45, 7) is 5.45. The lowest BCUT2D eigenvalue weighted by molar-refractivity contribution is 0.0526. The smallest absolute Gasteiger partial charge is 0.338 e. The minimum Gasteiger partial charge on any atom is -0.462 e. The molecule has 0 unspecified atom stereocenters. The van der Waals surface area contributed by atoms with Crippen molar-refractivity contribution in [2.45, 2.75) is 6.92 Å². The zero-order valence-electron chi connectivity index (χ0n) is 14.6. The van der Waals surface area contributed by atoms with E-state index in [-0.39, 0.29) is 5.97 Å². The highest BCUT2D eigenvalue weighted by molar-refractivity contribution is 5.89. The molecule has 1 aliphatic heterocycles. The summed E-state index contributed by atoms with van der Waals surface area (Å²) in [4.78, 5) is 15.3. The van der Waals surface area contributed by atoms with E-state index in [1.807, 2.05) is 18.4 Å². The number of tetrazole rings is 1. The van der Waals surface area contributed by atoms with Gasteiger partial charge in [-0.05, 0) is 54.8 Å². The molecule has 136 valence electrons. The number of ether oxygens (including phenoxy) is 2. The van der Waals surface area contributed by atoms with E-state index in [4.69, 9.17) is 9.47 Å². The highest BCUT2D eigenvalue weighted by atomic mass is 16.5. The second-order valence-corrected chi connectivity index (χ2v) is 5.55. The Morgan fingerprint density at radius 1 is 1.23 bits per heavy atom. The molecule has 0 N–H and O–H groups in total. The monoisotopic (exact) mass is 355 g/mol. The van der Waals surface area contributed by atoms with Gasteiger partial charge < -0.3 is 14.4 Å². The van der Waals surface area contributed by atoms with Gasteiger partial charge in [0.15, 0.2) is 5.82 Å². The summed E-state index contributed by atoms with van der Waals surface area (Å²) in [5.41, 5.74) is 1.21. The molecule has 0 amide bonds. The van der Waals surface area contributed by atoms with Gasteiger partial charge >= 0.3 is 5.97 Å². The summed E-state index contributed by atoms with van der Waals surface area (Å²) in [7, 11) is 0. The summed E-state index contributed by atoms with van der Waals surface area (Å²) in [5, 5.41) is 12.3. The molecule has 0 bridgehead atoms. The third-order valence-corrected chi connectivity index (χ3v) is 3.74. The SMILES string of the molecule is CCOC(=O)c1ccc(-n2nnc(/C=C/C=C/N3CCOCC3)n2)cc1. The van der Waals surface area contributed by atoms with Crippen LogP contribution in [0.2, 0.25) is 0 Å². The van der Waals surface area contributed by atoms with E-state index in [1.165, 1.54) is 4.80 Å². The van der Waals surface area contributed by atoms with E-state index in [2.05, 4.69) is 20.3 Å². The van der Waals surface area contributed by atoms with Gasteiger partial charge in [-0.1, -0.05) is 6.08 Å². The lowest BCUT2D eigenvalue weighted by Crippen LogP contribution is -2.31. The van der Waals surface area contributed by atoms with E-state index in [0.717, 1.165) is 26.3 Å². The van der Waals surface area contributed by atoms with E-state index < -0.39 is 0 Å². The maximum atomic E-state index is 11.7. The molecule has 2 aromatic rings. The molecule has 2 heterocycles. The molecule has 0 saturated carbocycles. The summed E-state index contributed by atoms with van der Waals surface area (Å²) in [6.07, 6.45) is 7.63. The van der Waals surface area contributed by atoms with Crippen molar-refractivity contribution in [1.82, 2.24) is 25.1 Å². The standard InChI is InChI=1S/C18H21N5O3/c1-2-26-18(24)15-6-8-16(9-7-15)23-20-17(19-21-23)5-3-4-10-22-11-13-25-14-12-22/h3-10H,2,11-14H2,1H3/b5-3+,10-4+. The van der Waals surface area contributed by atoms with Gasteiger partial charge in [0.25, 0.3) is 0 Å². The lowest BCUT2D eigenvalue weighted by atomic mass is 10.2. The number of carbonyl (C=O) groups is 1. The zero-order chi connectivity index (χ0) is 18.2. The molecule has 0 atom stereocenters. The Balaban J connectivity index is 1.59. The number of carbonyl (C=O) groups excluding carboxylic acids is 1. The van der Waals surface area contributed by atoms with Crippen LogP contribution in [0.4, 0.5) is 0 Å². The molecular weight excluding hydrogens is 334 g/mol. The molecule has 0 aliphatic carbocycles. The molecule has 0 radical (unpaired) electrons. The molecule has 1 saturated heterocycles. The number of nitrogens with zero attached hydrogens (tertiary/aromatic N) is 5. The first-order valence-corrected chi connectivity index (χ1v) is 8.50. The number of esters is 1. The van der Waals surface area contributed by atoms with Gasteiger partial charge in [-0.3, -0.25) is 0 Å². The van der Waals surface area contributed by atoms with Crippen LogP contribution in [0.15, 0.2) is 42.6 Å². The number of morpholine rings is 1. The fourth-order valence-electron chi connectivity index (χ4n) is 2.39. The van der Waals surface area contributed by atoms with E-state index in [1.54, 1.807) is 37.3 Å². The number of rotatable bonds is 6. The van der Waals surface area contributed by atoms with Crippen molar-refractivity contribution in [2.75, 3.05) is 32.9 Å². The van der Waals surface area contributed by atoms with Crippen molar-refractivity contribution in [3.63, 3.8) is 0 Å². The van der Waals surface area contributed by atoms with E-state index in [9.17, 15) is 4.79 Å². The van der Waals surface area contributed by atoms with Gasteiger partial charge in [0.2, 0.25) is 0 Å². The summed E-state index contributed by atoms with van der Waals surface area (Å²) in [6, 6.07) is 6.86. The zero-order valence-corrected chi connectivity index (χ0v) is 14.6. The molecule has 1 aromatic heterocycles. The van der Waals surface area contributed by atoms with Crippen LogP contribution in [-0.2, 0) is 9.47 Å². The molecule has 0 spiro atoms. The van der Waals surface area contributed by atoms with Crippen molar-refractivity contribution in [3.8, 4) is 5.69 Å². The van der Waals surface area contributed by atoms with Crippen LogP contribution < -0.4 is 0 Å². The summed E-state index contributed by atoms with van der Waals surface area (Å²) < 4.78 is 10.3. The third-order valence-electron chi connectivity index (χ3n) is 3.74. The molecule has 8 nitrogen and oxygen atoms in total. The number of hydrogen-bond donors (Lipinski definition) is 0. The molecule has 1 aliphatic rings. The average Bonchev–Trinajstić information content (AvgIpc) is 3.15. The summed E-state index contributed by atoms with van der Waals surface area (Å²) in [5.74, 6) is 0.160. The Morgan fingerprint density at radius 3 is 2.73 bits per heavy atom. The van der Waals surface area contributed by atoms with E-state index in [0.29, 0.717) is 23.7 Å². The molecule has 3 rings (SSSR count). The first kappa shape index (κ1) is 17.8. The predicted octanol–water partition coefficient (Wildman–Crippen LogP) is 1.70. The Morgan fingerprint density at radius 2 is 2.00 bits per heavy atom. The number of benzene rings is 1. The first-order chi connectivity index (χ1) is 12.8. The van der Waals surface area contributed by atoms with Crippen molar-refractivity contribution in [1.29, 1.82) is 0 Å². The molecule has 1 aromatic carbocycles. The van der Waals surface area contributed by atoms with E-state index >= 15 is 0 Å². The molecular formula is C18H21N5O3. The van der Waals surface area contributed by atoms with Crippen LogP contribution in [0.1, 0.15) is 23.1 Å². The van der Waals surface area contributed by atoms with Crippen molar-refractivity contribution < 1.29 is 14.3 Å². The fraction of sp³-hybridized carbons (Fsp3) is 0.333. The largest absolute Gasteiger partial charge is 0.462 e. The van der Waals surface area contributed by atoms with Crippen molar-refractivity contribution >= 4 is 12.0 Å². The Hall–Kier alpha value is -3.00. The number of allylic oxidation sites excluding steroid dienone is 2. The summed E-state index contributed by atoms with van der Waals surface area (Å²) >= 11 is 0. The topological polar surface area (TPSA) is 82.4 Å². The Bertz CT molecular complexity index is 776. The second-order valence-electron chi connectivity index (χ2n) is 5.55. The highest BCUT2D eigenvalue weighted by Gasteiger charge is 2.08. The molecule has 8 heteroatoms. The van der Waals surface area contributed by atoms with Crippen molar-refractivity contribution in [2.24, 2.45) is 0 Å². The van der Waals surface area contributed by atoms with Crippen LogP contribution in [-0.4, -0.2) is 64.0 Å². The molecule has 26 heavy (non-hydrogen) atoms. The minimum absolute atomic E-state index is 0.346. The van der Waals surface area contributed by atoms with Crippen LogP contribution in [0.3, 0.4) is 0 Å². The molecule has 1 fully saturated rings. The maximum absolute atomic E-state index is 11.7. The highest BCUT2D eigenvalue weighted by Crippen LogP contribution is 2.09.